The normalized spacial score (nSPS) is 19.4. The zero-order valence-corrected chi connectivity index (χ0v) is 10.7. The molecule has 0 aliphatic carbocycles. The van der Waals surface area contributed by atoms with Gasteiger partial charge in [0.15, 0.2) is 0 Å². The molecule has 5 nitrogen and oxygen atoms in total. The average Bonchev–Trinajstić information content (AvgIpc) is 2.91. The summed E-state index contributed by atoms with van der Waals surface area (Å²) in [6.07, 6.45) is 1.91. The lowest BCUT2D eigenvalue weighted by molar-refractivity contribution is 0.193. The molecule has 1 N–H and O–H groups in total. The standard InChI is InChI=1S/C12H20N4O/c1-4-10-14-11(13-2)7-12(15-10)16(3)9-5-6-17-8-9/h7,9H,4-6,8H2,1-3H3,(H,13,14,15). The van der Waals surface area contributed by atoms with Crippen LogP contribution in [0.1, 0.15) is 19.2 Å². The van der Waals surface area contributed by atoms with Crippen LogP contribution in [0, 0.1) is 0 Å². The lowest BCUT2D eigenvalue weighted by atomic mass is 10.2. The fraction of sp³-hybridized carbons (Fsp3) is 0.667. The summed E-state index contributed by atoms with van der Waals surface area (Å²) in [4.78, 5) is 11.2. The van der Waals surface area contributed by atoms with E-state index in [2.05, 4.69) is 34.2 Å². The topological polar surface area (TPSA) is 50.3 Å². The predicted octanol–water partition coefficient (Wildman–Crippen LogP) is 1.31. The summed E-state index contributed by atoms with van der Waals surface area (Å²) in [5.41, 5.74) is 0. The monoisotopic (exact) mass is 236 g/mol. The van der Waals surface area contributed by atoms with E-state index in [1.165, 1.54) is 0 Å². The van der Waals surface area contributed by atoms with E-state index in [1.807, 2.05) is 13.1 Å². The molecule has 0 spiro atoms. The Balaban J connectivity index is 2.23. The quantitative estimate of drug-likeness (QED) is 0.854. The van der Waals surface area contributed by atoms with E-state index >= 15 is 0 Å². The molecule has 0 aromatic carbocycles. The molecule has 17 heavy (non-hydrogen) atoms. The van der Waals surface area contributed by atoms with Crippen molar-refractivity contribution < 1.29 is 4.74 Å². The second kappa shape index (κ2) is 5.31. The minimum Gasteiger partial charge on any atom is -0.379 e. The van der Waals surface area contributed by atoms with Crippen LogP contribution >= 0.6 is 0 Å². The summed E-state index contributed by atoms with van der Waals surface area (Å²) < 4.78 is 5.41. The number of ether oxygens (including phenoxy) is 1. The van der Waals surface area contributed by atoms with E-state index in [9.17, 15) is 0 Å². The smallest absolute Gasteiger partial charge is 0.134 e. The minimum atomic E-state index is 0.430. The van der Waals surface area contributed by atoms with Crippen molar-refractivity contribution in [3.63, 3.8) is 0 Å². The molecule has 1 fully saturated rings. The fourth-order valence-electron chi connectivity index (χ4n) is 1.96. The third-order valence-corrected chi connectivity index (χ3v) is 3.15. The molecule has 1 saturated heterocycles. The summed E-state index contributed by atoms with van der Waals surface area (Å²) in [6.45, 7) is 3.70. The molecular weight excluding hydrogens is 216 g/mol. The van der Waals surface area contributed by atoms with E-state index in [0.29, 0.717) is 6.04 Å². The van der Waals surface area contributed by atoms with Crippen molar-refractivity contribution in [2.24, 2.45) is 0 Å². The van der Waals surface area contributed by atoms with Gasteiger partial charge < -0.3 is 15.0 Å². The van der Waals surface area contributed by atoms with Gasteiger partial charge in [-0.3, -0.25) is 0 Å². The first-order valence-corrected chi connectivity index (χ1v) is 6.11. The van der Waals surface area contributed by atoms with Gasteiger partial charge in [-0.15, -0.1) is 0 Å². The van der Waals surface area contributed by atoms with E-state index in [4.69, 9.17) is 4.74 Å². The SMILES string of the molecule is CCc1nc(NC)cc(N(C)C2CCOC2)n1. The number of likely N-dealkylation sites (N-methyl/N-ethyl adjacent to an activating group) is 1. The van der Waals surface area contributed by atoms with Gasteiger partial charge in [-0.05, 0) is 6.42 Å². The zero-order valence-electron chi connectivity index (χ0n) is 10.7. The number of anilines is 2. The second-order valence-corrected chi connectivity index (χ2v) is 4.26. The summed E-state index contributed by atoms with van der Waals surface area (Å²) in [5, 5.41) is 3.08. The molecule has 0 bridgehead atoms. The first-order valence-electron chi connectivity index (χ1n) is 6.11. The van der Waals surface area contributed by atoms with Gasteiger partial charge in [0, 0.05) is 33.2 Å². The number of rotatable bonds is 4. The summed E-state index contributed by atoms with van der Waals surface area (Å²) in [7, 11) is 3.95. The van der Waals surface area contributed by atoms with Gasteiger partial charge in [0.05, 0.1) is 12.6 Å². The maximum absolute atomic E-state index is 5.41. The van der Waals surface area contributed by atoms with Crippen LogP contribution in [0.25, 0.3) is 0 Å². The molecule has 94 valence electrons. The Bertz CT molecular complexity index is 355. The first kappa shape index (κ1) is 12.1. The van der Waals surface area contributed by atoms with Crippen molar-refractivity contribution in [2.75, 3.05) is 37.5 Å². The summed E-state index contributed by atoms with van der Waals surface area (Å²) >= 11 is 0. The number of aryl methyl sites for hydroxylation is 1. The van der Waals surface area contributed by atoms with Gasteiger partial charge in [0.2, 0.25) is 0 Å². The lowest BCUT2D eigenvalue weighted by Crippen LogP contribution is -2.32. The Labute approximate surface area is 102 Å². The Morgan fingerprint density at radius 1 is 1.53 bits per heavy atom. The summed E-state index contributed by atoms with van der Waals surface area (Å²) in [6, 6.07) is 2.41. The lowest BCUT2D eigenvalue weighted by Gasteiger charge is -2.24. The Kier molecular flexibility index (Phi) is 3.78. The van der Waals surface area contributed by atoms with Gasteiger partial charge in [-0.1, -0.05) is 6.92 Å². The number of aromatic nitrogens is 2. The van der Waals surface area contributed by atoms with E-state index in [-0.39, 0.29) is 0 Å². The van der Waals surface area contributed by atoms with Crippen molar-refractivity contribution in [3.8, 4) is 0 Å². The highest BCUT2D eigenvalue weighted by molar-refractivity contribution is 5.49. The van der Waals surface area contributed by atoms with Crippen LogP contribution in [-0.2, 0) is 11.2 Å². The Hall–Kier alpha value is -1.36. The van der Waals surface area contributed by atoms with Crippen LogP contribution in [0.15, 0.2) is 6.07 Å². The molecule has 1 unspecified atom stereocenters. The molecule has 2 rings (SSSR count). The van der Waals surface area contributed by atoms with Crippen molar-refractivity contribution in [1.29, 1.82) is 0 Å². The highest BCUT2D eigenvalue weighted by Crippen LogP contribution is 2.20. The van der Waals surface area contributed by atoms with E-state index < -0.39 is 0 Å². The molecule has 1 aliphatic rings. The van der Waals surface area contributed by atoms with Gasteiger partial charge in [0.1, 0.15) is 17.5 Å². The zero-order chi connectivity index (χ0) is 12.3. The number of nitrogens with zero attached hydrogens (tertiary/aromatic N) is 3. The van der Waals surface area contributed by atoms with E-state index in [0.717, 1.165) is 43.5 Å². The van der Waals surface area contributed by atoms with Crippen LogP contribution in [0.5, 0.6) is 0 Å². The molecular formula is C12H20N4O. The predicted molar refractivity (Wildman–Crippen MR) is 68.6 cm³/mol. The molecule has 0 radical (unpaired) electrons. The van der Waals surface area contributed by atoms with Crippen LogP contribution in [0.4, 0.5) is 11.6 Å². The van der Waals surface area contributed by atoms with Gasteiger partial charge >= 0.3 is 0 Å². The van der Waals surface area contributed by atoms with E-state index in [1.54, 1.807) is 0 Å². The Morgan fingerprint density at radius 3 is 2.94 bits per heavy atom. The molecule has 1 aliphatic heterocycles. The molecule has 1 atom stereocenters. The first-order chi connectivity index (χ1) is 8.24. The molecule has 0 amide bonds. The molecule has 1 aromatic heterocycles. The van der Waals surface area contributed by atoms with Crippen molar-refractivity contribution >= 4 is 11.6 Å². The molecule has 0 saturated carbocycles. The van der Waals surface area contributed by atoms with Crippen LogP contribution in [0.2, 0.25) is 0 Å². The third kappa shape index (κ3) is 2.66. The minimum absolute atomic E-state index is 0.430. The van der Waals surface area contributed by atoms with Crippen molar-refractivity contribution in [3.05, 3.63) is 11.9 Å². The average molecular weight is 236 g/mol. The van der Waals surface area contributed by atoms with Gasteiger partial charge in [-0.25, -0.2) is 9.97 Å². The second-order valence-electron chi connectivity index (χ2n) is 4.26. The molecule has 1 aromatic rings. The summed E-state index contributed by atoms with van der Waals surface area (Å²) in [5.74, 6) is 2.71. The number of hydrogen-bond donors (Lipinski definition) is 1. The maximum Gasteiger partial charge on any atom is 0.134 e. The third-order valence-electron chi connectivity index (χ3n) is 3.15. The Morgan fingerprint density at radius 2 is 2.35 bits per heavy atom. The largest absolute Gasteiger partial charge is 0.379 e. The molecule has 5 heteroatoms. The van der Waals surface area contributed by atoms with Gasteiger partial charge in [0.25, 0.3) is 0 Å². The number of hydrogen-bond acceptors (Lipinski definition) is 5. The van der Waals surface area contributed by atoms with Crippen molar-refractivity contribution in [1.82, 2.24) is 9.97 Å². The van der Waals surface area contributed by atoms with Gasteiger partial charge in [-0.2, -0.15) is 0 Å². The van der Waals surface area contributed by atoms with Crippen LogP contribution in [0.3, 0.4) is 0 Å². The van der Waals surface area contributed by atoms with Crippen molar-refractivity contribution in [2.45, 2.75) is 25.8 Å². The van der Waals surface area contributed by atoms with Crippen LogP contribution < -0.4 is 10.2 Å². The van der Waals surface area contributed by atoms with Crippen LogP contribution in [-0.4, -0.2) is 43.3 Å². The highest BCUT2D eigenvalue weighted by atomic mass is 16.5. The molecule has 2 heterocycles. The maximum atomic E-state index is 5.41. The number of nitrogens with one attached hydrogen (secondary N) is 1. The highest BCUT2D eigenvalue weighted by Gasteiger charge is 2.22. The fourth-order valence-corrected chi connectivity index (χ4v) is 1.96.